The molecule has 0 atom stereocenters. The number of para-hydroxylation sites is 1. The molecule has 3 nitrogen and oxygen atoms in total. The first-order valence-electron chi connectivity index (χ1n) is 4.87. The SMILES string of the molecule is NC/C=C/c1ccccc1-n1cccn1. The lowest BCUT2D eigenvalue weighted by molar-refractivity contribution is 0.878. The van der Waals surface area contributed by atoms with Crippen molar-refractivity contribution < 1.29 is 0 Å². The Hall–Kier alpha value is -1.87. The average molecular weight is 199 g/mol. The van der Waals surface area contributed by atoms with Gasteiger partial charge in [0.2, 0.25) is 0 Å². The van der Waals surface area contributed by atoms with Gasteiger partial charge in [-0.25, -0.2) is 4.68 Å². The van der Waals surface area contributed by atoms with Crippen LogP contribution in [0.1, 0.15) is 5.56 Å². The van der Waals surface area contributed by atoms with E-state index < -0.39 is 0 Å². The van der Waals surface area contributed by atoms with Crippen molar-refractivity contribution in [1.29, 1.82) is 0 Å². The zero-order valence-electron chi connectivity index (χ0n) is 8.38. The van der Waals surface area contributed by atoms with Crippen LogP contribution in [0.25, 0.3) is 11.8 Å². The molecule has 0 spiro atoms. The maximum absolute atomic E-state index is 5.44. The molecule has 0 unspecified atom stereocenters. The van der Waals surface area contributed by atoms with E-state index in [1.807, 2.05) is 53.4 Å². The first-order chi connectivity index (χ1) is 7.42. The van der Waals surface area contributed by atoms with Crippen molar-refractivity contribution in [2.75, 3.05) is 6.54 Å². The van der Waals surface area contributed by atoms with Crippen molar-refractivity contribution in [1.82, 2.24) is 9.78 Å². The van der Waals surface area contributed by atoms with Crippen LogP contribution in [0.15, 0.2) is 48.8 Å². The highest BCUT2D eigenvalue weighted by Gasteiger charge is 1.99. The largest absolute Gasteiger partial charge is 0.327 e. The van der Waals surface area contributed by atoms with Crippen LogP contribution in [0, 0.1) is 0 Å². The molecule has 0 fully saturated rings. The van der Waals surface area contributed by atoms with Crippen molar-refractivity contribution in [3.8, 4) is 5.69 Å². The van der Waals surface area contributed by atoms with Crippen molar-refractivity contribution >= 4 is 6.08 Å². The molecule has 0 saturated heterocycles. The van der Waals surface area contributed by atoms with E-state index in [1.54, 1.807) is 6.20 Å². The summed E-state index contributed by atoms with van der Waals surface area (Å²) in [4.78, 5) is 0. The van der Waals surface area contributed by atoms with E-state index in [0.29, 0.717) is 6.54 Å². The van der Waals surface area contributed by atoms with Gasteiger partial charge in [-0.05, 0) is 17.7 Å². The van der Waals surface area contributed by atoms with Crippen LogP contribution >= 0.6 is 0 Å². The van der Waals surface area contributed by atoms with Crippen LogP contribution in [0.2, 0.25) is 0 Å². The number of aromatic nitrogens is 2. The zero-order valence-corrected chi connectivity index (χ0v) is 8.38. The third-order valence-electron chi connectivity index (χ3n) is 2.12. The number of hydrogen-bond acceptors (Lipinski definition) is 2. The lowest BCUT2D eigenvalue weighted by atomic mass is 10.1. The van der Waals surface area contributed by atoms with Crippen molar-refractivity contribution in [3.05, 3.63) is 54.4 Å². The maximum atomic E-state index is 5.44. The number of nitrogens with two attached hydrogens (primary N) is 1. The normalized spacial score (nSPS) is 11.0. The van der Waals surface area contributed by atoms with E-state index in [1.165, 1.54) is 0 Å². The number of nitrogens with zero attached hydrogens (tertiary/aromatic N) is 2. The van der Waals surface area contributed by atoms with Gasteiger partial charge in [-0.3, -0.25) is 0 Å². The molecule has 1 aromatic carbocycles. The van der Waals surface area contributed by atoms with Crippen LogP contribution in [-0.4, -0.2) is 16.3 Å². The molecule has 2 N–H and O–H groups in total. The highest BCUT2D eigenvalue weighted by Crippen LogP contribution is 2.14. The Morgan fingerprint density at radius 1 is 1.27 bits per heavy atom. The molecular formula is C12H13N3. The van der Waals surface area contributed by atoms with Gasteiger partial charge >= 0.3 is 0 Å². The lowest BCUT2D eigenvalue weighted by Gasteiger charge is -2.05. The molecule has 2 rings (SSSR count). The third-order valence-corrected chi connectivity index (χ3v) is 2.12. The van der Waals surface area contributed by atoms with Gasteiger partial charge in [-0.1, -0.05) is 30.4 Å². The fraction of sp³-hybridized carbons (Fsp3) is 0.0833. The predicted octanol–water partition coefficient (Wildman–Crippen LogP) is 1.84. The van der Waals surface area contributed by atoms with Crippen molar-refractivity contribution in [3.63, 3.8) is 0 Å². The van der Waals surface area contributed by atoms with Crippen LogP contribution in [-0.2, 0) is 0 Å². The minimum atomic E-state index is 0.549. The van der Waals surface area contributed by atoms with Gasteiger partial charge in [-0.15, -0.1) is 0 Å². The molecular weight excluding hydrogens is 186 g/mol. The van der Waals surface area contributed by atoms with Crippen LogP contribution in [0.4, 0.5) is 0 Å². The van der Waals surface area contributed by atoms with Crippen LogP contribution in [0.3, 0.4) is 0 Å². The summed E-state index contributed by atoms with van der Waals surface area (Å²) >= 11 is 0. The van der Waals surface area contributed by atoms with E-state index in [4.69, 9.17) is 5.73 Å². The summed E-state index contributed by atoms with van der Waals surface area (Å²) in [5, 5.41) is 4.21. The van der Waals surface area contributed by atoms with E-state index in [0.717, 1.165) is 11.3 Å². The summed E-state index contributed by atoms with van der Waals surface area (Å²) in [7, 11) is 0. The second-order valence-electron chi connectivity index (χ2n) is 3.15. The van der Waals surface area contributed by atoms with E-state index in [9.17, 15) is 0 Å². The van der Waals surface area contributed by atoms with E-state index in [-0.39, 0.29) is 0 Å². The molecule has 0 aliphatic heterocycles. The van der Waals surface area contributed by atoms with Gasteiger partial charge < -0.3 is 5.73 Å². The van der Waals surface area contributed by atoms with Crippen LogP contribution in [0.5, 0.6) is 0 Å². The second-order valence-corrected chi connectivity index (χ2v) is 3.15. The number of rotatable bonds is 3. The molecule has 2 aromatic rings. The Labute approximate surface area is 88.8 Å². The molecule has 0 bridgehead atoms. The fourth-order valence-corrected chi connectivity index (χ4v) is 1.44. The summed E-state index contributed by atoms with van der Waals surface area (Å²) in [5.41, 5.74) is 7.62. The molecule has 15 heavy (non-hydrogen) atoms. The number of benzene rings is 1. The molecule has 3 heteroatoms. The first-order valence-corrected chi connectivity index (χ1v) is 4.87. The standard InChI is InChI=1S/C12H13N3/c13-8-3-6-11-5-1-2-7-12(11)15-10-4-9-14-15/h1-7,9-10H,8,13H2/b6-3+. The monoisotopic (exact) mass is 199 g/mol. The summed E-state index contributed by atoms with van der Waals surface area (Å²) in [6.45, 7) is 0.549. The summed E-state index contributed by atoms with van der Waals surface area (Å²) < 4.78 is 1.84. The van der Waals surface area contributed by atoms with E-state index in [2.05, 4.69) is 5.10 Å². The lowest BCUT2D eigenvalue weighted by Crippen LogP contribution is -1.97. The summed E-state index contributed by atoms with van der Waals surface area (Å²) in [6, 6.07) is 9.98. The zero-order chi connectivity index (χ0) is 10.5. The molecule has 1 heterocycles. The van der Waals surface area contributed by atoms with Crippen molar-refractivity contribution in [2.45, 2.75) is 0 Å². The van der Waals surface area contributed by atoms with Gasteiger partial charge in [-0.2, -0.15) is 5.10 Å². The van der Waals surface area contributed by atoms with Gasteiger partial charge in [0.1, 0.15) is 0 Å². The molecule has 0 radical (unpaired) electrons. The Balaban J connectivity index is 2.43. The third kappa shape index (κ3) is 2.14. The first kappa shape index (κ1) is 9.68. The van der Waals surface area contributed by atoms with E-state index >= 15 is 0 Å². The Morgan fingerprint density at radius 3 is 2.87 bits per heavy atom. The number of hydrogen-bond donors (Lipinski definition) is 1. The smallest absolute Gasteiger partial charge is 0.0717 e. The highest BCUT2D eigenvalue weighted by atomic mass is 15.3. The van der Waals surface area contributed by atoms with Crippen LogP contribution < -0.4 is 5.73 Å². The molecule has 76 valence electrons. The molecule has 0 saturated carbocycles. The fourth-order valence-electron chi connectivity index (χ4n) is 1.44. The van der Waals surface area contributed by atoms with Crippen molar-refractivity contribution in [2.24, 2.45) is 5.73 Å². The van der Waals surface area contributed by atoms with Gasteiger partial charge in [0.05, 0.1) is 5.69 Å². The quantitative estimate of drug-likeness (QED) is 0.819. The highest BCUT2D eigenvalue weighted by molar-refractivity contribution is 5.60. The van der Waals surface area contributed by atoms with Gasteiger partial charge in [0, 0.05) is 18.9 Å². The molecule has 0 aliphatic carbocycles. The molecule has 1 aromatic heterocycles. The maximum Gasteiger partial charge on any atom is 0.0717 e. The Kier molecular flexibility index (Phi) is 2.95. The molecule has 0 aliphatic rings. The van der Waals surface area contributed by atoms with Gasteiger partial charge in [0.15, 0.2) is 0 Å². The predicted molar refractivity (Wildman–Crippen MR) is 61.7 cm³/mol. The average Bonchev–Trinajstić information content (AvgIpc) is 2.80. The topological polar surface area (TPSA) is 43.8 Å². The minimum absolute atomic E-state index is 0.549. The Morgan fingerprint density at radius 2 is 2.13 bits per heavy atom. The Bertz CT molecular complexity index is 444. The van der Waals surface area contributed by atoms with Gasteiger partial charge in [0.25, 0.3) is 0 Å². The minimum Gasteiger partial charge on any atom is -0.327 e. The summed E-state index contributed by atoms with van der Waals surface area (Å²) in [5.74, 6) is 0. The second kappa shape index (κ2) is 4.57. The summed E-state index contributed by atoms with van der Waals surface area (Å²) in [6.07, 6.45) is 7.64. The molecule has 0 amide bonds.